The lowest BCUT2D eigenvalue weighted by Gasteiger charge is -2.16. The standard InChI is InChI=1S/C11H20N2O2/c1-2-3-6-15-11(14)13-10-8-4-5-9(10)12-7-8/h8-10,12H,2-7H2,1H3,(H,13,14)/t8?,9?,10-/m1/s1. The predicted octanol–water partition coefficient (Wildman–Crippen LogP) is 1.26. The van der Waals surface area contributed by atoms with Crippen LogP contribution in [-0.2, 0) is 4.74 Å². The Morgan fingerprint density at radius 3 is 2.93 bits per heavy atom. The molecule has 4 nitrogen and oxygen atoms in total. The van der Waals surface area contributed by atoms with Gasteiger partial charge in [-0.2, -0.15) is 0 Å². The van der Waals surface area contributed by atoms with Gasteiger partial charge in [0.15, 0.2) is 0 Å². The fraction of sp³-hybridized carbons (Fsp3) is 0.909. The number of fused-ring (bicyclic) bond motifs is 2. The van der Waals surface area contributed by atoms with Gasteiger partial charge in [0.2, 0.25) is 0 Å². The summed E-state index contributed by atoms with van der Waals surface area (Å²) in [6.07, 6.45) is 4.18. The zero-order valence-electron chi connectivity index (χ0n) is 9.29. The van der Waals surface area contributed by atoms with Crippen molar-refractivity contribution in [2.75, 3.05) is 13.2 Å². The van der Waals surface area contributed by atoms with Gasteiger partial charge in [0, 0.05) is 12.6 Å². The molecule has 86 valence electrons. The van der Waals surface area contributed by atoms with Crippen LogP contribution in [0, 0.1) is 5.92 Å². The lowest BCUT2D eigenvalue weighted by Crippen LogP contribution is -2.42. The average Bonchev–Trinajstić information content (AvgIpc) is 2.78. The van der Waals surface area contributed by atoms with Crippen molar-refractivity contribution in [2.24, 2.45) is 5.92 Å². The van der Waals surface area contributed by atoms with Crippen LogP contribution >= 0.6 is 0 Å². The summed E-state index contributed by atoms with van der Waals surface area (Å²) in [6, 6.07) is 0.785. The molecule has 2 N–H and O–H groups in total. The van der Waals surface area contributed by atoms with Crippen molar-refractivity contribution in [1.29, 1.82) is 0 Å². The average molecular weight is 212 g/mol. The summed E-state index contributed by atoms with van der Waals surface area (Å²) >= 11 is 0. The van der Waals surface area contributed by atoms with Gasteiger partial charge in [-0.05, 0) is 25.2 Å². The van der Waals surface area contributed by atoms with E-state index in [1.165, 1.54) is 12.8 Å². The van der Waals surface area contributed by atoms with Crippen LogP contribution in [-0.4, -0.2) is 31.3 Å². The van der Waals surface area contributed by atoms with Gasteiger partial charge in [-0.15, -0.1) is 0 Å². The summed E-state index contributed by atoms with van der Waals surface area (Å²) in [5.41, 5.74) is 0. The lowest BCUT2D eigenvalue weighted by molar-refractivity contribution is 0.139. The minimum atomic E-state index is -0.242. The molecule has 4 heteroatoms. The first-order chi connectivity index (χ1) is 7.31. The van der Waals surface area contributed by atoms with E-state index in [0.717, 1.165) is 19.4 Å². The van der Waals surface area contributed by atoms with E-state index in [1.807, 2.05) is 0 Å². The third kappa shape index (κ3) is 2.43. The molecule has 1 saturated heterocycles. The number of unbranched alkanes of at least 4 members (excludes halogenated alkanes) is 1. The first-order valence-corrected chi connectivity index (χ1v) is 5.98. The van der Waals surface area contributed by atoms with E-state index < -0.39 is 0 Å². The maximum atomic E-state index is 11.4. The number of amides is 1. The van der Waals surface area contributed by atoms with E-state index >= 15 is 0 Å². The van der Waals surface area contributed by atoms with Crippen LogP contribution in [0.2, 0.25) is 0 Å². The van der Waals surface area contributed by atoms with Gasteiger partial charge >= 0.3 is 6.09 Å². The van der Waals surface area contributed by atoms with E-state index in [4.69, 9.17) is 4.74 Å². The molecule has 2 bridgehead atoms. The van der Waals surface area contributed by atoms with Gasteiger partial charge in [0.25, 0.3) is 0 Å². The van der Waals surface area contributed by atoms with Gasteiger partial charge in [0.1, 0.15) is 0 Å². The first-order valence-electron chi connectivity index (χ1n) is 5.98. The van der Waals surface area contributed by atoms with E-state index in [0.29, 0.717) is 24.6 Å². The third-order valence-electron chi connectivity index (χ3n) is 3.45. The molecule has 0 radical (unpaired) electrons. The summed E-state index contributed by atoms with van der Waals surface area (Å²) in [5, 5.41) is 6.38. The molecule has 2 rings (SSSR count). The molecule has 0 aromatic carbocycles. The van der Waals surface area contributed by atoms with Gasteiger partial charge < -0.3 is 15.4 Å². The molecule has 1 aliphatic heterocycles. The van der Waals surface area contributed by atoms with Gasteiger partial charge in [-0.25, -0.2) is 4.79 Å². The monoisotopic (exact) mass is 212 g/mol. The van der Waals surface area contributed by atoms with Crippen LogP contribution in [0.3, 0.4) is 0 Å². The van der Waals surface area contributed by atoms with E-state index in [9.17, 15) is 4.79 Å². The Balaban J connectivity index is 1.70. The molecule has 15 heavy (non-hydrogen) atoms. The number of hydrogen-bond donors (Lipinski definition) is 2. The normalized spacial score (nSPS) is 33.0. The highest BCUT2D eigenvalue weighted by molar-refractivity contribution is 5.67. The van der Waals surface area contributed by atoms with E-state index in [1.54, 1.807) is 0 Å². The van der Waals surface area contributed by atoms with Crippen molar-refractivity contribution < 1.29 is 9.53 Å². The second kappa shape index (κ2) is 4.84. The molecule has 2 unspecified atom stereocenters. The van der Waals surface area contributed by atoms with E-state index in [2.05, 4.69) is 17.6 Å². The quantitative estimate of drug-likeness (QED) is 0.690. The highest BCUT2D eigenvalue weighted by Crippen LogP contribution is 2.31. The van der Waals surface area contributed by atoms with Crippen LogP contribution in [0.25, 0.3) is 0 Å². The molecule has 1 heterocycles. The molecule has 0 aromatic heterocycles. The van der Waals surface area contributed by atoms with Crippen LogP contribution in [0.5, 0.6) is 0 Å². The minimum absolute atomic E-state index is 0.242. The molecule has 0 spiro atoms. The number of nitrogens with one attached hydrogen (secondary N) is 2. The van der Waals surface area contributed by atoms with Crippen LogP contribution in [0.4, 0.5) is 4.79 Å². The zero-order chi connectivity index (χ0) is 10.7. The Kier molecular flexibility index (Phi) is 3.46. The molecule has 2 fully saturated rings. The predicted molar refractivity (Wildman–Crippen MR) is 57.7 cm³/mol. The molecular formula is C11H20N2O2. The summed E-state index contributed by atoms with van der Waals surface area (Å²) < 4.78 is 5.09. The van der Waals surface area contributed by atoms with Crippen molar-refractivity contribution in [3.05, 3.63) is 0 Å². The van der Waals surface area contributed by atoms with Crippen molar-refractivity contribution in [1.82, 2.24) is 10.6 Å². The number of piperidine rings is 1. The summed E-state index contributed by atoms with van der Waals surface area (Å²) in [6.45, 7) is 3.67. The molecule has 1 aliphatic carbocycles. The van der Waals surface area contributed by atoms with Crippen LogP contribution < -0.4 is 10.6 Å². The molecule has 3 atom stereocenters. The molecule has 1 amide bonds. The van der Waals surface area contributed by atoms with Crippen molar-refractivity contribution in [2.45, 2.75) is 44.7 Å². The number of carbonyl (C=O) groups excluding carboxylic acids is 1. The fourth-order valence-corrected chi connectivity index (χ4v) is 2.55. The van der Waals surface area contributed by atoms with Crippen LogP contribution in [0.15, 0.2) is 0 Å². The van der Waals surface area contributed by atoms with Crippen molar-refractivity contribution >= 4 is 6.09 Å². The van der Waals surface area contributed by atoms with E-state index in [-0.39, 0.29) is 6.09 Å². The highest BCUT2D eigenvalue weighted by atomic mass is 16.5. The van der Waals surface area contributed by atoms with Crippen LogP contribution in [0.1, 0.15) is 32.6 Å². The highest BCUT2D eigenvalue weighted by Gasteiger charge is 2.42. The van der Waals surface area contributed by atoms with Gasteiger partial charge in [0.05, 0.1) is 12.6 Å². The number of hydrogen-bond acceptors (Lipinski definition) is 3. The lowest BCUT2D eigenvalue weighted by atomic mass is 10.1. The molecule has 0 aromatic rings. The minimum Gasteiger partial charge on any atom is -0.450 e. The molecular weight excluding hydrogens is 192 g/mol. The smallest absolute Gasteiger partial charge is 0.407 e. The molecule has 2 aliphatic rings. The number of rotatable bonds is 4. The SMILES string of the molecule is CCCCOC(=O)N[C@@H]1C2CCC1NC2. The maximum Gasteiger partial charge on any atom is 0.407 e. The topological polar surface area (TPSA) is 50.4 Å². The number of alkyl carbamates (subject to hydrolysis) is 1. The second-order valence-corrected chi connectivity index (χ2v) is 4.51. The molecule has 1 saturated carbocycles. The Morgan fingerprint density at radius 2 is 2.40 bits per heavy atom. The number of ether oxygens (including phenoxy) is 1. The Labute approximate surface area is 90.8 Å². The fourth-order valence-electron chi connectivity index (χ4n) is 2.55. The first kappa shape index (κ1) is 10.7. The van der Waals surface area contributed by atoms with Crippen molar-refractivity contribution in [3.63, 3.8) is 0 Å². The maximum absolute atomic E-state index is 11.4. The Bertz CT molecular complexity index is 213. The summed E-state index contributed by atoms with van der Waals surface area (Å²) in [5.74, 6) is 0.619. The van der Waals surface area contributed by atoms with Gasteiger partial charge in [-0.1, -0.05) is 13.3 Å². The number of carbonyl (C=O) groups is 1. The Hall–Kier alpha value is -0.770. The summed E-state index contributed by atoms with van der Waals surface area (Å²) in [7, 11) is 0. The largest absolute Gasteiger partial charge is 0.450 e. The summed E-state index contributed by atoms with van der Waals surface area (Å²) in [4.78, 5) is 11.4. The Morgan fingerprint density at radius 1 is 1.53 bits per heavy atom. The van der Waals surface area contributed by atoms with Crippen molar-refractivity contribution in [3.8, 4) is 0 Å². The zero-order valence-corrected chi connectivity index (χ0v) is 9.29. The second-order valence-electron chi connectivity index (χ2n) is 4.51. The third-order valence-corrected chi connectivity index (χ3v) is 3.45. The van der Waals surface area contributed by atoms with Gasteiger partial charge in [-0.3, -0.25) is 0 Å².